The van der Waals surface area contributed by atoms with Gasteiger partial charge in [0.15, 0.2) is 0 Å². The van der Waals surface area contributed by atoms with E-state index in [1.54, 1.807) is 0 Å². The van der Waals surface area contributed by atoms with E-state index in [9.17, 15) is 0 Å². The lowest BCUT2D eigenvalue weighted by Gasteiger charge is -2.34. The second-order valence-corrected chi connectivity index (χ2v) is 5.99. The first-order chi connectivity index (χ1) is 9.07. The van der Waals surface area contributed by atoms with E-state index in [0.29, 0.717) is 0 Å². The van der Waals surface area contributed by atoms with Crippen molar-refractivity contribution in [1.82, 2.24) is 0 Å². The third-order valence-corrected chi connectivity index (χ3v) is 3.62. The Morgan fingerprint density at radius 2 is 1.37 bits per heavy atom. The molecule has 0 amide bonds. The number of fused-ring (bicyclic) bond motifs is 1. The Labute approximate surface area is 115 Å². The fraction of sp³-hybridized carbons (Fsp3) is 0.294. The van der Waals surface area contributed by atoms with Gasteiger partial charge in [-0.15, -0.1) is 0 Å². The third kappa shape index (κ3) is 2.07. The van der Waals surface area contributed by atoms with Crippen molar-refractivity contribution < 1.29 is 0 Å². The first kappa shape index (κ1) is 12.1. The molecule has 1 aliphatic rings. The number of hydrogen-bond donors (Lipinski definition) is 0. The Hall–Kier alpha value is -1.96. The van der Waals surface area contributed by atoms with Gasteiger partial charge in [0.05, 0.1) is 18.0 Å². The summed E-state index contributed by atoms with van der Waals surface area (Å²) in [6.45, 7) is 7.70. The first-order valence-electron chi connectivity index (χ1n) is 6.76. The molecule has 0 spiro atoms. The Kier molecular flexibility index (Phi) is 2.74. The van der Waals surface area contributed by atoms with Crippen LogP contribution in [0, 0.1) is 0 Å². The van der Waals surface area contributed by atoms with Crippen LogP contribution in [0.1, 0.15) is 20.8 Å². The molecule has 2 nitrogen and oxygen atoms in total. The fourth-order valence-corrected chi connectivity index (χ4v) is 2.62. The van der Waals surface area contributed by atoms with Crippen LogP contribution in [0.5, 0.6) is 0 Å². The molecule has 0 N–H and O–H groups in total. The predicted octanol–water partition coefficient (Wildman–Crippen LogP) is 4.40. The quantitative estimate of drug-likeness (QED) is 0.742. The van der Waals surface area contributed by atoms with Crippen LogP contribution >= 0.6 is 0 Å². The van der Waals surface area contributed by atoms with Crippen molar-refractivity contribution in [3.63, 3.8) is 0 Å². The fourth-order valence-electron chi connectivity index (χ4n) is 2.62. The normalized spacial score (nSPS) is 14.7. The van der Waals surface area contributed by atoms with Gasteiger partial charge in [-0.1, -0.05) is 30.3 Å². The summed E-state index contributed by atoms with van der Waals surface area (Å²) in [5.74, 6) is 0. The Morgan fingerprint density at radius 3 is 2.00 bits per heavy atom. The molecule has 0 fully saturated rings. The van der Waals surface area contributed by atoms with Crippen molar-refractivity contribution >= 4 is 17.1 Å². The molecule has 19 heavy (non-hydrogen) atoms. The maximum absolute atomic E-state index is 2.45. The molecule has 2 aromatic carbocycles. The van der Waals surface area contributed by atoms with Crippen LogP contribution in [0.2, 0.25) is 0 Å². The molecule has 0 bridgehead atoms. The molecule has 3 rings (SSSR count). The zero-order chi connectivity index (χ0) is 13.5. The van der Waals surface area contributed by atoms with E-state index in [0.717, 1.165) is 6.67 Å². The summed E-state index contributed by atoms with van der Waals surface area (Å²) in [5.41, 5.74) is 3.99. The minimum atomic E-state index is 0.125. The summed E-state index contributed by atoms with van der Waals surface area (Å²) in [5, 5.41) is 0. The van der Waals surface area contributed by atoms with E-state index in [1.165, 1.54) is 17.1 Å². The maximum atomic E-state index is 2.45. The van der Waals surface area contributed by atoms with Crippen LogP contribution in [0.4, 0.5) is 17.1 Å². The molecule has 0 radical (unpaired) electrons. The summed E-state index contributed by atoms with van der Waals surface area (Å²) < 4.78 is 0. The van der Waals surface area contributed by atoms with Gasteiger partial charge in [-0.05, 0) is 45.0 Å². The summed E-state index contributed by atoms with van der Waals surface area (Å²) >= 11 is 0. The summed E-state index contributed by atoms with van der Waals surface area (Å²) in [6.07, 6.45) is 0. The van der Waals surface area contributed by atoms with Crippen molar-refractivity contribution in [2.24, 2.45) is 0 Å². The third-order valence-electron chi connectivity index (χ3n) is 3.62. The lowest BCUT2D eigenvalue weighted by Crippen LogP contribution is -2.42. The molecule has 0 saturated heterocycles. The van der Waals surface area contributed by atoms with Crippen LogP contribution in [0.3, 0.4) is 0 Å². The van der Waals surface area contributed by atoms with Gasteiger partial charge in [-0.25, -0.2) is 0 Å². The van der Waals surface area contributed by atoms with E-state index in [1.807, 2.05) is 0 Å². The van der Waals surface area contributed by atoms with Gasteiger partial charge in [0.25, 0.3) is 0 Å². The number of anilines is 3. The average Bonchev–Trinajstić information content (AvgIpc) is 2.79. The van der Waals surface area contributed by atoms with Gasteiger partial charge in [0, 0.05) is 11.2 Å². The standard InChI is InChI=1S/C17H20N2/c1-17(2,3)19-13-18(14-9-5-4-6-10-14)15-11-7-8-12-16(15)19/h4-12H,13H2,1-3H3. The van der Waals surface area contributed by atoms with E-state index in [2.05, 4.69) is 85.2 Å². The van der Waals surface area contributed by atoms with Crippen molar-refractivity contribution in [3.05, 3.63) is 54.6 Å². The molecule has 2 heteroatoms. The number of hydrogen-bond acceptors (Lipinski definition) is 2. The Morgan fingerprint density at radius 1 is 0.789 bits per heavy atom. The van der Waals surface area contributed by atoms with Gasteiger partial charge < -0.3 is 9.80 Å². The molecule has 2 aromatic rings. The van der Waals surface area contributed by atoms with Gasteiger partial charge in [-0.2, -0.15) is 0 Å². The molecular weight excluding hydrogens is 232 g/mol. The minimum absolute atomic E-state index is 0.125. The van der Waals surface area contributed by atoms with Gasteiger partial charge >= 0.3 is 0 Å². The summed E-state index contributed by atoms with van der Waals surface area (Å²) in [4.78, 5) is 4.83. The molecule has 0 aromatic heterocycles. The van der Waals surface area contributed by atoms with Crippen molar-refractivity contribution in [2.75, 3.05) is 16.5 Å². The molecule has 1 heterocycles. The van der Waals surface area contributed by atoms with Crippen molar-refractivity contribution in [3.8, 4) is 0 Å². The Balaban J connectivity index is 2.07. The molecule has 0 unspecified atom stereocenters. The lowest BCUT2D eigenvalue weighted by atomic mass is 10.1. The molecule has 98 valence electrons. The van der Waals surface area contributed by atoms with E-state index >= 15 is 0 Å². The Bertz CT molecular complexity index is 569. The SMILES string of the molecule is CC(C)(C)N1CN(c2ccccc2)c2ccccc21. The van der Waals surface area contributed by atoms with Crippen LogP contribution < -0.4 is 9.80 Å². The zero-order valence-electron chi connectivity index (χ0n) is 11.8. The van der Waals surface area contributed by atoms with Gasteiger partial charge in [-0.3, -0.25) is 0 Å². The molecule has 0 aliphatic carbocycles. The van der Waals surface area contributed by atoms with Gasteiger partial charge in [0.2, 0.25) is 0 Å². The monoisotopic (exact) mass is 252 g/mol. The molecular formula is C17H20N2. The van der Waals surface area contributed by atoms with E-state index in [4.69, 9.17) is 0 Å². The second-order valence-electron chi connectivity index (χ2n) is 5.99. The van der Waals surface area contributed by atoms with E-state index < -0.39 is 0 Å². The molecule has 0 saturated carbocycles. The van der Waals surface area contributed by atoms with Gasteiger partial charge in [0.1, 0.15) is 0 Å². The molecule has 0 atom stereocenters. The average molecular weight is 252 g/mol. The topological polar surface area (TPSA) is 6.48 Å². The largest absolute Gasteiger partial charge is 0.347 e. The number of rotatable bonds is 1. The minimum Gasteiger partial charge on any atom is -0.347 e. The van der Waals surface area contributed by atoms with Crippen molar-refractivity contribution in [1.29, 1.82) is 0 Å². The number of para-hydroxylation sites is 3. The van der Waals surface area contributed by atoms with Crippen LogP contribution in [-0.4, -0.2) is 12.2 Å². The molecule has 1 aliphatic heterocycles. The zero-order valence-corrected chi connectivity index (χ0v) is 11.8. The van der Waals surface area contributed by atoms with Crippen LogP contribution in [0.15, 0.2) is 54.6 Å². The highest BCUT2D eigenvalue weighted by atomic mass is 15.4. The predicted molar refractivity (Wildman–Crippen MR) is 82.1 cm³/mol. The first-order valence-corrected chi connectivity index (χ1v) is 6.76. The van der Waals surface area contributed by atoms with Crippen LogP contribution in [-0.2, 0) is 0 Å². The summed E-state index contributed by atoms with van der Waals surface area (Å²) in [6, 6.07) is 19.2. The maximum Gasteiger partial charge on any atom is 0.0958 e. The number of nitrogens with zero attached hydrogens (tertiary/aromatic N) is 2. The highest BCUT2D eigenvalue weighted by molar-refractivity contribution is 5.82. The van der Waals surface area contributed by atoms with Crippen LogP contribution in [0.25, 0.3) is 0 Å². The summed E-state index contributed by atoms with van der Waals surface area (Å²) in [7, 11) is 0. The van der Waals surface area contributed by atoms with Crippen molar-refractivity contribution in [2.45, 2.75) is 26.3 Å². The highest BCUT2D eigenvalue weighted by Gasteiger charge is 2.32. The lowest BCUT2D eigenvalue weighted by molar-refractivity contribution is 0.518. The smallest absolute Gasteiger partial charge is 0.0958 e. The van der Waals surface area contributed by atoms with E-state index in [-0.39, 0.29) is 5.54 Å². The highest BCUT2D eigenvalue weighted by Crippen LogP contribution is 2.43. The second kappa shape index (κ2) is 4.30. The number of benzene rings is 2.